The van der Waals surface area contributed by atoms with Crippen molar-refractivity contribution >= 4 is 9.84 Å². The Bertz CT molecular complexity index is 300. The van der Waals surface area contributed by atoms with Gasteiger partial charge in [0, 0.05) is 12.3 Å². The van der Waals surface area contributed by atoms with Crippen molar-refractivity contribution in [2.24, 2.45) is 11.8 Å². The molecule has 0 saturated heterocycles. The van der Waals surface area contributed by atoms with Crippen molar-refractivity contribution in [2.75, 3.05) is 18.6 Å². The lowest BCUT2D eigenvalue weighted by atomic mass is 9.77. The summed E-state index contributed by atoms with van der Waals surface area (Å²) in [5.41, 5.74) is 0. The van der Waals surface area contributed by atoms with E-state index in [1.54, 1.807) is 0 Å². The molecule has 0 amide bonds. The van der Waals surface area contributed by atoms with Crippen molar-refractivity contribution in [1.82, 2.24) is 5.32 Å². The quantitative estimate of drug-likeness (QED) is 0.806. The Balaban J connectivity index is 2.50. The molecule has 1 aliphatic carbocycles. The summed E-state index contributed by atoms with van der Waals surface area (Å²) in [7, 11) is -2.81. The third kappa shape index (κ3) is 4.83. The van der Waals surface area contributed by atoms with E-state index in [-0.39, 0.29) is 0 Å². The van der Waals surface area contributed by atoms with E-state index in [2.05, 4.69) is 19.2 Å². The number of hydrogen-bond acceptors (Lipinski definition) is 3. The summed E-state index contributed by atoms with van der Waals surface area (Å²) in [6, 6.07) is 0.531. The zero-order chi connectivity index (χ0) is 12.2. The van der Waals surface area contributed by atoms with Gasteiger partial charge in [-0.15, -0.1) is 0 Å². The SMILES string of the molecule is CCNC1CCC(C)CC1CCS(C)(=O)=O. The van der Waals surface area contributed by atoms with Gasteiger partial charge in [0.1, 0.15) is 9.84 Å². The molecule has 1 saturated carbocycles. The molecule has 3 nitrogen and oxygen atoms in total. The van der Waals surface area contributed by atoms with Crippen molar-refractivity contribution < 1.29 is 8.42 Å². The minimum atomic E-state index is -2.81. The molecule has 3 atom stereocenters. The van der Waals surface area contributed by atoms with Crippen LogP contribution in [0.4, 0.5) is 0 Å². The Morgan fingerprint density at radius 2 is 2.00 bits per heavy atom. The molecule has 0 radical (unpaired) electrons. The van der Waals surface area contributed by atoms with Gasteiger partial charge in [0.15, 0.2) is 0 Å². The predicted octanol–water partition coefficient (Wildman–Crippen LogP) is 1.84. The topological polar surface area (TPSA) is 46.2 Å². The average Bonchev–Trinajstić information content (AvgIpc) is 2.17. The second-order valence-corrected chi connectivity index (χ2v) is 7.52. The third-order valence-corrected chi connectivity index (χ3v) is 4.55. The lowest BCUT2D eigenvalue weighted by molar-refractivity contribution is 0.211. The summed E-state index contributed by atoms with van der Waals surface area (Å²) in [5, 5.41) is 3.50. The minimum Gasteiger partial charge on any atom is -0.314 e. The van der Waals surface area contributed by atoms with Crippen LogP contribution in [0.5, 0.6) is 0 Å². The van der Waals surface area contributed by atoms with Crippen LogP contribution in [-0.2, 0) is 9.84 Å². The van der Waals surface area contributed by atoms with E-state index in [1.807, 2.05) is 0 Å². The first-order chi connectivity index (χ1) is 7.42. The smallest absolute Gasteiger partial charge is 0.147 e. The molecular weight excluding hydrogens is 222 g/mol. The van der Waals surface area contributed by atoms with Crippen LogP contribution >= 0.6 is 0 Å². The zero-order valence-corrected chi connectivity index (χ0v) is 11.5. The summed E-state index contributed by atoms with van der Waals surface area (Å²) in [5.74, 6) is 1.63. The molecule has 1 aliphatic rings. The van der Waals surface area contributed by atoms with Gasteiger partial charge in [0.25, 0.3) is 0 Å². The molecular formula is C12H25NO2S. The first-order valence-electron chi connectivity index (χ1n) is 6.33. The Morgan fingerprint density at radius 1 is 1.31 bits per heavy atom. The van der Waals surface area contributed by atoms with Crippen LogP contribution in [0.1, 0.15) is 39.5 Å². The van der Waals surface area contributed by atoms with E-state index in [4.69, 9.17) is 0 Å². The van der Waals surface area contributed by atoms with Crippen LogP contribution in [0.3, 0.4) is 0 Å². The van der Waals surface area contributed by atoms with Gasteiger partial charge >= 0.3 is 0 Å². The van der Waals surface area contributed by atoms with Gasteiger partial charge in [-0.25, -0.2) is 8.42 Å². The van der Waals surface area contributed by atoms with Gasteiger partial charge in [-0.05, 0) is 44.1 Å². The van der Waals surface area contributed by atoms with Crippen LogP contribution in [0.2, 0.25) is 0 Å². The lowest BCUT2D eigenvalue weighted by Gasteiger charge is -2.35. The molecule has 1 N–H and O–H groups in total. The maximum absolute atomic E-state index is 11.2. The standard InChI is InChI=1S/C12H25NO2S/c1-4-13-12-6-5-10(2)9-11(12)7-8-16(3,14)15/h10-13H,4-9H2,1-3H3. The van der Waals surface area contributed by atoms with Gasteiger partial charge in [-0.3, -0.25) is 0 Å². The molecule has 1 fully saturated rings. The Kier molecular flexibility index (Phi) is 5.25. The van der Waals surface area contributed by atoms with Crippen LogP contribution in [0.15, 0.2) is 0 Å². The van der Waals surface area contributed by atoms with Crippen LogP contribution in [0, 0.1) is 11.8 Å². The van der Waals surface area contributed by atoms with Gasteiger partial charge in [0.05, 0.1) is 5.75 Å². The van der Waals surface area contributed by atoms with E-state index >= 15 is 0 Å². The highest BCUT2D eigenvalue weighted by Gasteiger charge is 2.28. The summed E-state index contributed by atoms with van der Waals surface area (Å²) in [6.07, 6.45) is 5.80. The normalized spacial score (nSPS) is 31.6. The Morgan fingerprint density at radius 3 is 2.56 bits per heavy atom. The number of sulfone groups is 1. The molecule has 1 rings (SSSR count). The molecule has 16 heavy (non-hydrogen) atoms. The third-order valence-electron chi connectivity index (χ3n) is 3.57. The van der Waals surface area contributed by atoms with Crippen molar-refractivity contribution in [3.63, 3.8) is 0 Å². The monoisotopic (exact) mass is 247 g/mol. The highest BCUT2D eigenvalue weighted by atomic mass is 32.2. The molecule has 0 heterocycles. The molecule has 0 aromatic rings. The van der Waals surface area contributed by atoms with Gasteiger partial charge in [0.2, 0.25) is 0 Å². The second kappa shape index (κ2) is 6.01. The fraction of sp³-hybridized carbons (Fsp3) is 1.00. The van der Waals surface area contributed by atoms with Crippen molar-refractivity contribution in [3.05, 3.63) is 0 Å². The van der Waals surface area contributed by atoms with E-state index in [0.717, 1.165) is 18.9 Å². The predicted molar refractivity (Wildman–Crippen MR) is 68.3 cm³/mol. The largest absolute Gasteiger partial charge is 0.314 e. The van der Waals surface area contributed by atoms with Crippen LogP contribution < -0.4 is 5.32 Å². The van der Waals surface area contributed by atoms with Crippen molar-refractivity contribution in [1.29, 1.82) is 0 Å². The molecule has 0 aromatic heterocycles. The maximum atomic E-state index is 11.2. The van der Waals surface area contributed by atoms with E-state index in [0.29, 0.717) is 17.7 Å². The van der Waals surface area contributed by atoms with Crippen LogP contribution in [-0.4, -0.2) is 33.0 Å². The van der Waals surface area contributed by atoms with Crippen molar-refractivity contribution in [2.45, 2.75) is 45.6 Å². The van der Waals surface area contributed by atoms with E-state index in [1.165, 1.54) is 25.5 Å². The summed E-state index contributed by atoms with van der Waals surface area (Å²) < 4.78 is 22.4. The molecule has 0 aromatic carbocycles. The molecule has 0 aliphatic heterocycles. The lowest BCUT2D eigenvalue weighted by Crippen LogP contribution is -2.40. The number of nitrogens with one attached hydrogen (secondary N) is 1. The van der Waals surface area contributed by atoms with E-state index in [9.17, 15) is 8.42 Å². The molecule has 96 valence electrons. The molecule has 3 unspecified atom stereocenters. The molecule has 4 heteroatoms. The minimum absolute atomic E-state index is 0.340. The summed E-state index contributed by atoms with van der Waals surface area (Å²) in [6.45, 7) is 5.37. The first kappa shape index (κ1) is 14.0. The summed E-state index contributed by atoms with van der Waals surface area (Å²) >= 11 is 0. The highest BCUT2D eigenvalue weighted by molar-refractivity contribution is 7.90. The van der Waals surface area contributed by atoms with Gasteiger partial charge < -0.3 is 5.32 Å². The Hall–Kier alpha value is -0.0900. The molecule has 0 spiro atoms. The maximum Gasteiger partial charge on any atom is 0.147 e. The molecule has 0 bridgehead atoms. The fourth-order valence-corrected chi connectivity index (χ4v) is 3.45. The number of hydrogen-bond donors (Lipinski definition) is 1. The first-order valence-corrected chi connectivity index (χ1v) is 8.39. The van der Waals surface area contributed by atoms with Gasteiger partial charge in [-0.2, -0.15) is 0 Å². The Labute approximate surface area is 99.9 Å². The summed E-state index contributed by atoms with van der Waals surface area (Å²) in [4.78, 5) is 0. The number of rotatable bonds is 5. The fourth-order valence-electron chi connectivity index (χ4n) is 2.71. The highest BCUT2D eigenvalue weighted by Crippen LogP contribution is 2.31. The van der Waals surface area contributed by atoms with Crippen LogP contribution in [0.25, 0.3) is 0 Å². The van der Waals surface area contributed by atoms with E-state index < -0.39 is 9.84 Å². The van der Waals surface area contributed by atoms with Gasteiger partial charge in [-0.1, -0.05) is 13.8 Å². The zero-order valence-electron chi connectivity index (χ0n) is 10.7. The average molecular weight is 247 g/mol. The van der Waals surface area contributed by atoms with Crippen molar-refractivity contribution in [3.8, 4) is 0 Å². The second-order valence-electron chi connectivity index (χ2n) is 5.26.